The molecule has 0 aliphatic rings. The Morgan fingerprint density at radius 1 is 1.19 bits per heavy atom. The number of ether oxygens (including phenoxy) is 1. The average molecular weight is 294 g/mol. The molecule has 0 aliphatic heterocycles. The lowest BCUT2D eigenvalue weighted by Gasteiger charge is -2.13. The molecule has 1 aromatic carbocycles. The second-order valence-electron chi connectivity index (χ2n) is 5.03. The first-order chi connectivity index (χ1) is 9.93. The predicted octanol–water partition coefficient (Wildman–Crippen LogP) is 2.89. The molecule has 0 spiro atoms. The van der Waals surface area contributed by atoms with Gasteiger partial charge in [-0.05, 0) is 30.9 Å². The molecule has 21 heavy (non-hydrogen) atoms. The van der Waals surface area contributed by atoms with E-state index in [0.29, 0.717) is 25.0 Å². The van der Waals surface area contributed by atoms with Crippen molar-refractivity contribution in [3.05, 3.63) is 23.8 Å². The number of rotatable bonds is 8. The van der Waals surface area contributed by atoms with Crippen molar-refractivity contribution in [3.8, 4) is 11.5 Å². The monoisotopic (exact) mass is 294 g/mol. The molecular weight excluding hydrogens is 272 g/mol. The first-order valence-electron chi connectivity index (χ1n) is 7.13. The van der Waals surface area contributed by atoms with Gasteiger partial charge in [0.25, 0.3) is 0 Å². The first kappa shape index (κ1) is 17.0. The van der Waals surface area contributed by atoms with Crippen LogP contribution in [0.25, 0.3) is 0 Å². The second-order valence-corrected chi connectivity index (χ2v) is 5.03. The van der Waals surface area contributed by atoms with E-state index in [-0.39, 0.29) is 42.0 Å². The SMILES string of the molecule is CCOC(=O)CCC(=O)CCC(C)c1ccc(O)cc1O. The Labute approximate surface area is 124 Å². The fraction of sp³-hybridized carbons (Fsp3) is 0.500. The normalized spacial score (nSPS) is 11.9. The van der Waals surface area contributed by atoms with Gasteiger partial charge in [0.2, 0.25) is 0 Å². The summed E-state index contributed by atoms with van der Waals surface area (Å²) >= 11 is 0. The van der Waals surface area contributed by atoms with Crippen molar-refractivity contribution in [3.63, 3.8) is 0 Å². The van der Waals surface area contributed by atoms with Gasteiger partial charge >= 0.3 is 5.97 Å². The summed E-state index contributed by atoms with van der Waals surface area (Å²) in [6, 6.07) is 4.45. The highest BCUT2D eigenvalue weighted by molar-refractivity contribution is 5.82. The summed E-state index contributed by atoms with van der Waals surface area (Å²) in [4.78, 5) is 22.9. The molecule has 116 valence electrons. The van der Waals surface area contributed by atoms with E-state index >= 15 is 0 Å². The van der Waals surface area contributed by atoms with Crippen LogP contribution in [0.4, 0.5) is 0 Å². The summed E-state index contributed by atoms with van der Waals surface area (Å²) in [5, 5.41) is 19.0. The maximum atomic E-state index is 11.7. The minimum Gasteiger partial charge on any atom is -0.508 e. The van der Waals surface area contributed by atoms with Crippen molar-refractivity contribution in [1.29, 1.82) is 0 Å². The van der Waals surface area contributed by atoms with Gasteiger partial charge in [0.15, 0.2) is 0 Å². The summed E-state index contributed by atoms with van der Waals surface area (Å²) < 4.78 is 4.77. The molecule has 0 radical (unpaired) electrons. The predicted molar refractivity (Wildman–Crippen MR) is 78.3 cm³/mol. The largest absolute Gasteiger partial charge is 0.508 e. The lowest BCUT2D eigenvalue weighted by Crippen LogP contribution is -2.08. The lowest BCUT2D eigenvalue weighted by atomic mass is 9.93. The molecular formula is C16H22O5. The Hall–Kier alpha value is -2.04. The van der Waals surface area contributed by atoms with E-state index in [1.807, 2.05) is 6.92 Å². The van der Waals surface area contributed by atoms with Crippen molar-refractivity contribution >= 4 is 11.8 Å². The average Bonchev–Trinajstić information content (AvgIpc) is 2.43. The number of Topliss-reactive ketones (excluding diaryl/α,β-unsaturated/α-hetero) is 1. The maximum absolute atomic E-state index is 11.7. The Balaban J connectivity index is 2.40. The molecule has 1 aromatic rings. The molecule has 1 rings (SSSR count). The van der Waals surface area contributed by atoms with Crippen LogP contribution in [0.15, 0.2) is 18.2 Å². The summed E-state index contributed by atoms with van der Waals surface area (Å²) in [5.74, 6) is -0.309. The third-order valence-electron chi connectivity index (χ3n) is 3.31. The van der Waals surface area contributed by atoms with E-state index < -0.39 is 0 Å². The second kappa shape index (κ2) is 8.29. The molecule has 0 aliphatic carbocycles. The van der Waals surface area contributed by atoms with Crippen LogP contribution < -0.4 is 0 Å². The van der Waals surface area contributed by atoms with Gasteiger partial charge < -0.3 is 14.9 Å². The van der Waals surface area contributed by atoms with Crippen molar-refractivity contribution in [2.24, 2.45) is 0 Å². The summed E-state index contributed by atoms with van der Waals surface area (Å²) in [6.07, 6.45) is 1.24. The number of carbonyl (C=O) groups excluding carboxylic acids is 2. The molecule has 0 bridgehead atoms. The number of aromatic hydroxyl groups is 2. The standard InChI is InChI=1S/C16H22O5/c1-3-21-16(20)9-7-12(17)5-4-11(2)14-8-6-13(18)10-15(14)19/h6,8,10-11,18-19H,3-5,7,9H2,1-2H3. The fourth-order valence-electron chi connectivity index (χ4n) is 2.08. The van der Waals surface area contributed by atoms with Crippen molar-refractivity contribution in [2.75, 3.05) is 6.61 Å². The number of esters is 1. The van der Waals surface area contributed by atoms with E-state index in [1.165, 1.54) is 12.1 Å². The number of carbonyl (C=O) groups is 2. The van der Waals surface area contributed by atoms with Gasteiger partial charge in [0.05, 0.1) is 13.0 Å². The molecule has 0 aromatic heterocycles. The van der Waals surface area contributed by atoms with E-state index in [1.54, 1.807) is 13.0 Å². The van der Waals surface area contributed by atoms with Gasteiger partial charge in [0, 0.05) is 18.9 Å². The van der Waals surface area contributed by atoms with Gasteiger partial charge in [-0.1, -0.05) is 13.0 Å². The number of phenols is 2. The first-order valence-corrected chi connectivity index (χ1v) is 7.13. The highest BCUT2D eigenvalue weighted by atomic mass is 16.5. The van der Waals surface area contributed by atoms with Gasteiger partial charge in [-0.3, -0.25) is 9.59 Å². The van der Waals surface area contributed by atoms with Gasteiger partial charge in [0.1, 0.15) is 17.3 Å². The molecule has 5 nitrogen and oxygen atoms in total. The van der Waals surface area contributed by atoms with Crippen LogP contribution in [0, 0.1) is 0 Å². The number of phenolic OH excluding ortho intramolecular Hbond substituents is 2. The van der Waals surface area contributed by atoms with Crippen molar-refractivity contribution < 1.29 is 24.5 Å². The molecule has 5 heteroatoms. The quantitative estimate of drug-likeness (QED) is 0.720. The van der Waals surface area contributed by atoms with E-state index in [9.17, 15) is 19.8 Å². The Morgan fingerprint density at radius 3 is 2.52 bits per heavy atom. The highest BCUT2D eigenvalue weighted by Gasteiger charge is 2.14. The molecule has 1 unspecified atom stereocenters. The molecule has 0 amide bonds. The van der Waals surface area contributed by atoms with Crippen LogP contribution in [-0.4, -0.2) is 28.6 Å². The Kier molecular flexibility index (Phi) is 6.72. The van der Waals surface area contributed by atoms with E-state index in [4.69, 9.17) is 4.74 Å². The summed E-state index contributed by atoms with van der Waals surface area (Å²) in [7, 11) is 0. The smallest absolute Gasteiger partial charge is 0.306 e. The topological polar surface area (TPSA) is 83.8 Å². The van der Waals surface area contributed by atoms with Crippen LogP contribution in [0.3, 0.4) is 0 Å². The molecule has 2 N–H and O–H groups in total. The van der Waals surface area contributed by atoms with Crippen LogP contribution in [0.2, 0.25) is 0 Å². The van der Waals surface area contributed by atoms with Crippen LogP contribution >= 0.6 is 0 Å². The zero-order valence-electron chi connectivity index (χ0n) is 12.5. The van der Waals surface area contributed by atoms with E-state index in [0.717, 1.165) is 0 Å². The maximum Gasteiger partial charge on any atom is 0.306 e. The third kappa shape index (κ3) is 5.85. The fourth-order valence-corrected chi connectivity index (χ4v) is 2.08. The molecule has 0 saturated heterocycles. The van der Waals surface area contributed by atoms with Gasteiger partial charge in [-0.25, -0.2) is 0 Å². The van der Waals surface area contributed by atoms with Crippen LogP contribution in [0.5, 0.6) is 11.5 Å². The third-order valence-corrected chi connectivity index (χ3v) is 3.31. The lowest BCUT2D eigenvalue weighted by molar-refractivity contribution is -0.144. The van der Waals surface area contributed by atoms with Crippen LogP contribution in [-0.2, 0) is 14.3 Å². The number of ketones is 1. The van der Waals surface area contributed by atoms with E-state index in [2.05, 4.69) is 0 Å². The number of benzene rings is 1. The van der Waals surface area contributed by atoms with Crippen molar-refractivity contribution in [2.45, 2.75) is 45.4 Å². The minimum atomic E-state index is -0.352. The Bertz CT molecular complexity index is 495. The summed E-state index contributed by atoms with van der Waals surface area (Å²) in [6.45, 7) is 3.96. The molecule has 1 atom stereocenters. The Morgan fingerprint density at radius 2 is 1.90 bits per heavy atom. The zero-order valence-corrected chi connectivity index (χ0v) is 12.5. The molecule has 0 fully saturated rings. The number of hydrogen-bond donors (Lipinski definition) is 2. The van der Waals surface area contributed by atoms with Gasteiger partial charge in [-0.15, -0.1) is 0 Å². The van der Waals surface area contributed by atoms with Crippen LogP contribution in [0.1, 0.15) is 51.0 Å². The van der Waals surface area contributed by atoms with Crippen molar-refractivity contribution in [1.82, 2.24) is 0 Å². The highest BCUT2D eigenvalue weighted by Crippen LogP contribution is 2.31. The molecule has 0 heterocycles. The zero-order chi connectivity index (χ0) is 15.8. The summed E-state index contributed by atoms with van der Waals surface area (Å²) in [5.41, 5.74) is 0.700. The number of hydrogen-bond acceptors (Lipinski definition) is 5. The van der Waals surface area contributed by atoms with Gasteiger partial charge in [-0.2, -0.15) is 0 Å². The molecule has 0 saturated carbocycles. The minimum absolute atomic E-state index is 0.00265.